The molecule has 1 atom stereocenters. The van der Waals surface area contributed by atoms with Crippen molar-refractivity contribution in [3.8, 4) is 5.75 Å². The minimum Gasteiger partial charge on any atom is -0.497 e. The molecular weight excluding hydrogens is 373 g/mol. The quantitative estimate of drug-likeness (QED) is 0.718. The fourth-order valence-electron chi connectivity index (χ4n) is 2.59. The topological polar surface area (TPSA) is 21.3 Å². The highest BCUT2D eigenvalue weighted by molar-refractivity contribution is 14.1. The van der Waals surface area contributed by atoms with Crippen LogP contribution in [0.4, 0.5) is 0 Å². The van der Waals surface area contributed by atoms with Crippen LogP contribution in [0.25, 0.3) is 0 Å². The van der Waals surface area contributed by atoms with E-state index < -0.39 is 0 Å². The first-order chi connectivity index (χ1) is 10.2. The fraction of sp³-hybridized carbons (Fsp3) is 0.333. The Bertz CT molecular complexity index is 553. The van der Waals surface area contributed by atoms with E-state index in [2.05, 4.69) is 70.4 Å². The highest BCUT2D eigenvalue weighted by Crippen LogP contribution is 2.19. The first-order valence-electron chi connectivity index (χ1n) is 7.23. The summed E-state index contributed by atoms with van der Waals surface area (Å²) in [5.74, 6) is 1.52. The van der Waals surface area contributed by atoms with E-state index in [1.807, 2.05) is 13.1 Å². The number of halogens is 1. The van der Waals surface area contributed by atoms with Gasteiger partial charge in [0.1, 0.15) is 5.75 Å². The van der Waals surface area contributed by atoms with E-state index in [1.165, 1.54) is 14.7 Å². The number of hydrogen-bond acceptors (Lipinski definition) is 2. The molecule has 0 amide bonds. The molecular formula is C18H22INO. The largest absolute Gasteiger partial charge is 0.497 e. The second-order valence-corrected chi connectivity index (χ2v) is 6.56. The van der Waals surface area contributed by atoms with Crippen molar-refractivity contribution in [2.45, 2.75) is 12.8 Å². The lowest BCUT2D eigenvalue weighted by Gasteiger charge is -2.17. The summed E-state index contributed by atoms with van der Waals surface area (Å²) in [6, 6.07) is 17.2. The smallest absolute Gasteiger partial charge is 0.119 e. The third-order valence-electron chi connectivity index (χ3n) is 3.59. The Hall–Kier alpha value is -1.07. The van der Waals surface area contributed by atoms with E-state index in [1.54, 1.807) is 7.11 Å². The molecule has 2 rings (SSSR count). The average molecular weight is 395 g/mol. The van der Waals surface area contributed by atoms with E-state index in [9.17, 15) is 0 Å². The van der Waals surface area contributed by atoms with Gasteiger partial charge in [-0.1, -0.05) is 24.3 Å². The zero-order valence-corrected chi connectivity index (χ0v) is 14.8. The van der Waals surface area contributed by atoms with Crippen molar-refractivity contribution < 1.29 is 4.74 Å². The van der Waals surface area contributed by atoms with Crippen molar-refractivity contribution in [3.05, 3.63) is 63.2 Å². The molecule has 0 aromatic heterocycles. The third-order valence-corrected chi connectivity index (χ3v) is 4.31. The van der Waals surface area contributed by atoms with Crippen LogP contribution in [0.3, 0.4) is 0 Å². The summed E-state index contributed by atoms with van der Waals surface area (Å²) in [6.07, 6.45) is 2.15. The maximum absolute atomic E-state index is 5.31. The van der Waals surface area contributed by atoms with Crippen molar-refractivity contribution >= 4 is 22.6 Å². The first kappa shape index (κ1) is 16.3. The lowest BCUT2D eigenvalue weighted by Crippen LogP contribution is -2.22. The number of benzene rings is 2. The molecule has 0 spiro atoms. The molecule has 0 aliphatic carbocycles. The summed E-state index contributed by atoms with van der Waals surface area (Å²) < 4.78 is 6.60. The predicted octanol–water partition coefficient (Wildman–Crippen LogP) is 3.92. The molecule has 0 radical (unpaired) electrons. The zero-order chi connectivity index (χ0) is 15.1. The molecule has 2 aromatic carbocycles. The third kappa shape index (κ3) is 5.32. The van der Waals surface area contributed by atoms with Gasteiger partial charge in [0, 0.05) is 3.57 Å². The Morgan fingerprint density at radius 1 is 1.05 bits per heavy atom. The van der Waals surface area contributed by atoms with E-state index in [-0.39, 0.29) is 0 Å². The number of hydrogen-bond donors (Lipinski definition) is 1. The van der Waals surface area contributed by atoms with Crippen molar-refractivity contribution in [2.75, 3.05) is 20.7 Å². The molecule has 2 aromatic rings. The van der Waals surface area contributed by atoms with Crippen LogP contribution in [-0.2, 0) is 12.8 Å². The van der Waals surface area contributed by atoms with Crippen LogP contribution in [0.2, 0.25) is 0 Å². The normalized spacial score (nSPS) is 12.1. The second-order valence-electron chi connectivity index (χ2n) is 5.31. The average Bonchev–Trinajstić information content (AvgIpc) is 2.50. The molecule has 112 valence electrons. The number of nitrogens with one attached hydrogen (secondary N) is 1. The Balaban J connectivity index is 2.05. The lowest BCUT2D eigenvalue weighted by atomic mass is 9.92. The SMILES string of the molecule is CNCC(Cc1ccc(I)cc1)Cc1cccc(OC)c1. The van der Waals surface area contributed by atoms with E-state index >= 15 is 0 Å². The summed E-state index contributed by atoms with van der Waals surface area (Å²) >= 11 is 2.35. The van der Waals surface area contributed by atoms with Crippen LogP contribution >= 0.6 is 22.6 Å². The fourth-order valence-corrected chi connectivity index (χ4v) is 2.95. The van der Waals surface area contributed by atoms with Gasteiger partial charge >= 0.3 is 0 Å². The zero-order valence-electron chi connectivity index (χ0n) is 12.6. The summed E-state index contributed by atoms with van der Waals surface area (Å²) in [6.45, 7) is 1.02. The van der Waals surface area contributed by atoms with Crippen LogP contribution in [0, 0.1) is 9.49 Å². The molecule has 0 bridgehead atoms. The molecule has 0 aliphatic heterocycles. The van der Waals surface area contributed by atoms with Gasteiger partial charge in [0.2, 0.25) is 0 Å². The number of ether oxygens (including phenoxy) is 1. The molecule has 0 saturated heterocycles. The first-order valence-corrected chi connectivity index (χ1v) is 8.31. The van der Waals surface area contributed by atoms with E-state index in [4.69, 9.17) is 4.74 Å². The van der Waals surface area contributed by atoms with Gasteiger partial charge < -0.3 is 10.1 Å². The molecule has 1 unspecified atom stereocenters. The number of rotatable bonds is 7. The maximum Gasteiger partial charge on any atom is 0.119 e. The van der Waals surface area contributed by atoms with Gasteiger partial charge in [-0.25, -0.2) is 0 Å². The minimum absolute atomic E-state index is 0.585. The van der Waals surface area contributed by atoms with Crippen LogP contribution in [-0.4, -0.2) is 20.7 Å². The molecule has 3 heteroatoms. The van der Waals surface area contributed by atoms with E-state index in [0.717, 1.165) is 25.1 Å². The summed E-state index contributed by atoms with van der Waals surface area (Å²) in [4.78, 5) is 0. The number of methoxy groups -OCH3 is 1. The van der Waals surface area contributed by atoms with Gasteiger partial charge in [-0.2, -0.15) is 0 Å². The Labute approximate surface area is 141 Å². The van der Waals surface area contributed by atoms with Crippen molar-refractivity contribution in [1.82, 2.24) is 5.32 Å². The maximum atomic E-state index is 5.31. The summed E-state index contributed by atoms with van der Waals surface area (Å²) in [7, 11) is 3.74. The molecule has 1 N–H and O–H groups in total. The van der Waals surface area contributed by atoms with Gasteiger partial charge in [-0.05, 0) is 90.3 Å². The Morgan fingerprint density at radius 2 is 1.76 bits per heavy atom. The molecule has 0 aliphatic rings. The predicted molar refractivity (Wildman–Crippen MR) is 97.0 cm³/mol. The lowest BCUT2D eigenvalue weighted by molar-refractivity contribution is 0.413. The van der Waals surface area contributed by atoms with Crippen molar-refractivity contribution in [2.24, 2.45) is 5.92 Å². The van der Waals surface area contributed by atoms with Crippen LogP contribution in [0.5, 0.6) is 5.75 Å². The van der Waals surface area contributed by atoms with E-state index in [0.29, 0.717) is 5.92 Å². The summed E-state index contributed by atoms with van der Waals surface area (Å²) in [5.41, 5.74) is 2.73. The van der Waals surface area contributed by atoms with Gasteiger partial charge in [0.15, 0.2) is 0 Å². The Morgan fingerprint density at radius 3 is 2.43 bits per heavy atom. The van der Waals surface area contributed by atoms with Crippen LogP contribution in [0.15, 0.2) is 48.5 Å². The van der Waals surface area contributed by atoms with Gasteiger partial charge in [-0.15, -0.1) is 0 Å². The standard InChI is InChI=1S/C18H22INO/c1-20-13-16(10-14-6-8-17(19)9-7-14)11-15-4-3-5-18(12-15)21-2/h3-9,12,16,20H,10-11,13H2,1-2H3. The van der Waals surface area contributed by atoms with Crippen molar-refractivity contribution in [1.29, 1.82) is 0 Å². The monoisotopic (exact) mass is 395 g/mol. The van der Waals surface area contributed by atoms with Gasteiger partial charge in [0.25, 0.3) is 0 Å². The van der Waals surface area contributed by atoms with Gasteiger partial charge in [0.05, 0.1) is 7.11 Å². The van der Waals surface area contributed by atoms with Crippen molar-refractivity contribution in [3.63, 3.8) is 0 Å². The minimum atomic E-state index is 0.585. The molecule has 21 heavy (non-hydrogen) atoms. The highest BCUT2D eigenvalue weighted by Gasteiger charge is 2.11. The molecule has 0 heterocycles. The highest BCUT2D eigenvalue weighted by atomic mass is 127. The summed E-state index contributed by atoms with van der Waals surface area (Å²) in [5, 5.41) is 3.32. The van der Waals surface area contributed by atoms with Crippen LogP contribution < -0.4 is 10.1 Å². The molecule has 0 fully saturated rings. The van der Waals surface area contributed by atoms with Gasteiger partial charge in [-0.3, -0.25) is 0 Å². The van der Waals surface area contributed by atoms with Crippen LogP contribution in [0.1, 0.15) is 11.1 Å². The molecule has 2 nitrogen and oxygen atoms in total. The molecule has 0 saturated carbocycles. The Kier molecular flexibility index (Phi) is 6.51. The second kappa shape index (κ2) is 8.39.